The predicted octanol–water partition coefficient (Wildman–Crippen LogP) is 5.16. The maximum atomic E-state index is 12.6. The van der Waals surface area contributed by atoms with Crippen molar-refractivity contribution >= 4 is 44.9 Å². The van der Waals surface area contributed by atoms with Crippen LogP contribution in [0, 0.1) is 5.41 Å². The Bertz CT molecular complexity index is 710. The number of benzene rings is 1. The predicted molar refractivity (Wildman–Crippen MR) is 99.7 cm³/mol. The van der Waals surface area contributed by atoms with Crippen LogP contribution in [0.25, 0.3) is 6.08 Å². The van der Waals surface area contributed by atoms with Crippen molar-refractivity contribution < 1.29 is 14.7 Å². The molecule has 2 fully saturated rings. The van der Waals surface area contributed by atoms with Crippen molar-refractivity contribution in [2.75, 3.05) is 6.54 Å². The minimum absolute atomic E-state index is 0.0428. The number of thioether (sulfide) groups is 1. The number of amides is 2. The van der Waals surface area contributed by atoms with Crippen LogP contribution in [0.5, 0.6) is 5.75 Å². The number of hydrogen-bond acceptors (Lipinski definition) is 4. The highest BCUT2D eigenvalue weighted by Gasteiger charge is 2.40. The first-order chi connectivity index (χ1) is 11.4. The molecular formula is C18H20BrNO3S. The molecule has 1 heterocycles. The van der Waals surface area contributed by atoms with Gasteiger partial charge in [0, 0.05) is 6.54 Å². The summed E-state index contributed by atoms with van der Waals surface area (Å²) in [6, 6.07) is 5.01. The van der Waals surface area contributed by atoms with Crippen LogP contribution in [0.15, 0.2) is 27.6 Å². The molecule has 0 bridgehead atoms. The zero-order chi connectivity index (χ0) is 17.3. The maximum absolute atomic E-state index is 12.6. The first-order valence-corrected chi connectivity index (χ1v) is 9.73. The highest BCUT2D eigenvalue weighted by Crippen LogP contribution is 2.40. The van der Waals surface area contributed by atoms with Gasteiger partial charge in [0.2, 0.25) is 0 Å². The summed E-state index contributed by atoms with van der Waals surface area (Å²) in [5.41, 5.74) is 0.815. The van der Waals surface area contributed by atoms with Crippen molar-refractivity contribution in [2.24, 2.45) is 5.41 Å². The second-order valence-electron chi connectivity index (χ2n) is 6.85. The van der Waals surface area contributed by atoms with Crippen molar-refractivity contribution in [1.29, 1.82) is 0 Å². The first kappa shape index (κ1) is 17.5. The Morgan fingerprint density at radius 2 is 2.00 bits per heavy atom. The van der Waals surface area contributed by atoms with E-state index in [4.69, 9.17) is 0 Å². The van der Waals surface area contributed by atoms with Gasteiger partial charge in [0.15, 0.2) is 0 Å². The fourth-order valence-electron chi connectivity index (χ4n) is 3.35. The lowest BCUT2D eigenvalue weighted by Gasteiger charge is -2.35. The molecule has 1 saturated heterocycles. The van der Waals surface area contributed by atoms with Crippen molar-refractivity contribution in [3.05, 3.63) is 33.1 Å². The third kappa shape index (κ3) is 3.70. The zero-order valence-electron chi connectivity index (χ0n) is 13.5. The van der Waals surface area contributed by atoms with Gasteiger partial charge in [0.25, 0.3) is 11.1 Å². The smallest absolute Gasteiger partial charge is 0.293 e. The van der Waals surface area contributed by atoms with E-state index in [0.717, 1.165) is 30.2 Å². The average Bonchev–Trinajstić information content (AvgIpc) is 2.79. The van der Waals surface area contributed by atoms with Gasteiger partial charge in [-0.1, -0.05) is 32.3 Å². The van der Waals surface area contributed by atoms with Crippen LogP contribution in [0.4, 0.5) is 4.79 Å². The number of carbonyl (C=O) groups excluding carboxylic acids is 2. The fraction of sp³-hybridized carbons (Fsp3) is 0.444. The summed E-state index contributed by atoms with van der Waals surface area (Å²) < 4.78 is 0.560. The molecule has 0 spiro atoms. The number of carbonyl (C=O) groups is 2. The minimum atomic E-state index is -0.207. The van der Waals surface area contributed by atoms with E-state index in [9.17, 15) is 14.7 Å². The first-order valence-electron chi connectivity index (χ1n) is 8.12. The van der Waals surface area contributed by atoms with Crippen molar-refractivity contribution in [3.63, 3.8) is 0 Å². The Kier molecular flexibility index (Phi) is 5.06. The van der Waals surface area contributed by atoms with E-state index in [2.05, 4.69) is 22.9 Å². The summed E-state index contributed by atoms with van der Waals surface area (Å²) in [7, 11) is 0. The molecule has 6 heteroatoms. The summed E-state index contributed by atoms with van der Waals surface area (Å²) in [6.07, 6.45) is 7.43. The van der Waals surface area contributed by atoms with E-state index in [1.54, 1.807) is 24.3 Å². The number of rotatable bonds is 3. The number of aromatic hydroxyl groups is 1. The molecule has 3 rings (SSSR count). The fourth-order valence-corrected chi connectivity index (χ4v) is 4.58. The summed E-state index contributed by atoms with van der Waals surface area (Å²) in [5, 5.41) is 9.37. The molecule has 1 aromatic carbocycles. The van der Waals surface area contributed by atoms with Crippen LogP contribution in [-0.4, -0.2) is 27.7 Å². The third-order valence-corrected chi connectivity index (χ3v) is 6.29. The molecule has 2 amide bonds. The molecule has 1 aliphatic heterocycles. The van der Waals surface area contributed by atoms with Gasteiger partial charge in [-0.05, 0) is 69.7 Å². The van der Waals surface area contributed by atoms with E-state index in [0.29, 0.717) is 15.9 Å². The number of halogens is 1. The second-order valence-corrected chi connectivity index (χ2v) is 8.70. The number of nitrogens with zero attached hydrogens (tertiary/aromatic N) is 1. The van der Waals surface area contributed by atoms with E-state index in [1.165, 1.54) is 24.2 Å². The number of hydrogen-bond donors (Lipinski definition) is 1. The Labute approximate surface area is 154 Å². The molecule has 2 aliphatic rings. The van der Waals surface area contributed by atoms with E-state index in [-0.39, 0.29) is 22.3 Å². The molecule has 128 valence electrons. The maximum Gasteiger partial charge on any atom is 0.293 e. The topological polar surface area (TPSA) is 57.6 Å². The Morgan fingerprint density at radius 1 is 1.29 bits per heavy atom. The molecule has 0 atom stereocenters. The van der Waals surface area contributed by atoms with Crippen molar-refractivity contribution in [1.82, 2.24) is 4.90 Å². The lowest BCUT2D eigenvalue weighted by molar-refractivity contribution is -0.124. The summed E-state index contributed by atoms with van der Waals surface area (Å²) >= 11 is 4.25. The van der Waals surface area contributed by atoms with Gasteiger partial charge in [-0.15, -0.1) is 0 Å². The monoisotopic (exact) mass is 409 g/mol. The van der Waals surface area contributed by atoms with Crippen molar-refractivity contribution in [3.8, 4) is 5.75 Å². The Balaban J connectivity index is 1.78. The van der Waals surface area contributed by atoms with E-state index >= 15 is 0 Å². The summed E-state index contributed by atoms with van der Waals surface area (Å²) in [5.74, 6) is -0.0635. The van der Waals surface area contributed by atoms with Crippen LogP contribution in [0.2, 0.25) is 0 Å². The van der Waals surface area contributed by atoms with Crippen LogP contribution < -0.4 is 0 Å². The van der Waals surface area contributed by atoms with Gasteiger partial charge >= 0.3 is 0 Å². The zero-order valence-corrected chi connectivity index (χ0v) is 16.0. The lowest BCUT2D eigenvalue weighted by Crippen LogP contribution is -2.39. The third-order valence-electron chi connectivity index (χ3n) is 4.74. The van der Waals surface area contributed by atoms with Crippen LogP contribution >= 0.6 is 27.7 Å². The Hall–Kier alpha value is -1.27. The molecule has 1 aliphatic carbocycles. The van der Waals surface area contributed by atoms with Crippen LogP contribution in [0.1, 0.15) is 44.6 Å². The van der Waals surface area contributed by atoms with Crippen LogP contribution in [-0.2, 0) is 4.79 Å². The molecule has 24 heavy (non-hydrogen) atoms. The van der Waals surface area contributed by atoms with Gasteiger partial charge in [0.05, 0.1) is 9.38 Å². The average molecular weight is 410 g/mol. The van der Waals surface area contributed by atoms with Gasteiger partial charge < -0.3 is 5.11 Å². The van der Waals surface area contributed by atoms with Gasteiger partial charge in [-0.3, -0.25) is 14.5 Å². The minimum Gasteiger partial charge on any atom is -0.507 e. The number of phenolic OH excluding ortho intramolecular Hbond substituents is 1. The molecule has 1 saturated carbocycles. The normalized spacial score (nSPS) is 22.4. The van der Waals surface area contributed by atoms with Gasteiger partial charge in [-0.25, -0.2) is 0 Å². The molecular weight excluding hydrogens is 390 g/mol. The highest BCUT2D eigenvalue weighted by molar-refractivity contribution is 9.10. The lowest BCUT2D eigenvalue weighted by atomic mass is 9.75. The van der Waals surface area contributed by atoms with Crippen LogP contribution in [0.3, 0.4) is 0 Å². The van der Waals surface area contributed by atoms with E-state index < -0.39 is 0 Å². The molecule has 0 aromatic heterocycles. The molecule has 0 unspecified atom stereocenters. The van der Waals surface area contributed by atoms with E-state index in [1.807, 2.05) is 0 Å². The largest absolute Gasteiger partial charge is 0.507 e. The second kappa shape index (κ2) is 6.92. The molecule has 4 nitrogen and oxygen atoms in total. The molecule has 1 N–H and O–H groups in total. The van der Waals surface area contributed by atoms with Crippen molar-refractivity contribution in [2.45, 2.75) is 39.0 Å². The van der Waals surface area contributed by atoms with Gasteiger partial charge in [0.1, 0.15) is 5.75 Å². The summed E-state index contributed by atoms with van der Waals surface area (Å²) in [6.45, 7) is 2.68. The van der Waals surface area contributed by atoms with Gasteiger partial charge in [-0.2, -0.15) is 0 Å². The SMILES string of the molecule is CC1(CN2C(=O)SC(=Cc3ccc(O)c(Br)c3)C2=O)CCCCC1. The standard InChI is InChI=1S/C18H20BrNO3S/c1-18(7-3-2-4-8-18)11-20-16(22)15(24-17(20)23)10-12-5-6-14(21)13(19)9-12/h5-6,9-10,21H,2-4,7-8,11H2,1H3. The molecule has 0 radical (unpaired) electrons. The number of phenols is 1. The summed E-state index contributed by atoms with van der Waals surface area (Å²) in [4.78, 5) is 26.8. The Morgan fingerprint density at radius 3 is 2.67 bits per heavy atom. The highest BCUT2D eigenvalue weighted by atomic mass is 79.9. The quantitative estimate of drug-likeness (QED) is 0.700. The number of imide groups is 1. The molecule has 1 aromatic rings.